The van der Waals surface area contributed by atoms with Gasteiger partial charge in [0.1, 0.15) is 0 Å². The predicted molar refractivity (Wildman–Crippen MR) is 86.5 cm³/mol. The molecule has 1 amide bonds. The molecule has 0 unspecified atom stereocenters. The van der Waals surface area contributed by atoms with E-state index in [1.165, 1.54) is 5.56 Å². The third kappa shape index (κ3) is 3.36. The summed E-state index contributed by atoms with van der Waals surface area (Å²) in [6.07, 6.45) is 1.53. The normalized spacial score (nSPS) is 10.7. The first-order valence-electron chi connectivity index (χ1n) is 7.63. The van der Waals surface area contributed by atoms with Crippen LogP contribution in [0.25, 0.3) is 5.69 Å². The van der Waals surface area contributed by atoms with Gasteiger partial charge in [-0.25, -0.2) is 4.68 Å². The Balaban J connectivity index is 2.17. The zero-order chi connectivity index (χ0) is 16.1. The van der Waals surface area contributed by atoms with Crippen LogP contribution >= 0.6 is 0 Å². The third-order valence-electron chi connectivity index (χ3n) is 3.79. The molecular weight excluding hydrogens is 278 g/mol. The largest absolute Gasteiger partial charge is 0.396 e. The van der Waals surface area contributed by atoms with Crippen LogP contribution in [0.3, 0.4) is 0 Å². The van der Waals surface area contributed by atoms with Crippen LogP contribution in [0.1, 0.15) is 40.7 Å². The molecule has 0 saturated heterocycles. The highest BCUT2D eigenvalue weighted by molar-refractivity contribution is 5.94. The lowest BCUT2D eigenvalue weighted by atomic mass is 10.1. The fourth-order valence-electron chi connectivity index (χ4n) is 2.58. The lowest BCUT2D eigenvalue weighted by Gasteiger charge is -2.07. The number of carbonyl (C=O) groups is 1. The van der Waals surface area contributed by atoms with E-state index in [-0.39, 0.29) is 12.5 Å². The number of aryl methyl sites for hydroxylation is 1. The molecule has 0 atom stereocenters. The van der Waals surface area contributed by atoms with Crippen molar-refractivity contribution in [3.05, 3.63) is 46.8 Å². The van der Waals surface area contributed by atoms with Crippen LogP contribution in [0, 0.1) is 13.8 Å². The van der Waals surface area contributed by atoms with Gasteiger partial charge >= 0.3 is 0 Å². The zero-order valence-corrected chi connectivity index (χ0v) is 13.4. The Kier molecular flexibility index (Phi) is 5.33. The maximum absolute atomic E-state index is 11.9. The van der Waals surface area contributed by atoms with Crippen molar-refractivity contribution in [1.82, 2.24) is 15.1 Å². The second-order valence-corrected chi connectivity index (χ2v) is 5.29. The van der Waals surface area contributed by atoms with Crippen molar-refractivity contribution in [3.63, 3.8) is 0 Å². The molecule has 0 saturated carbocycles. The number of hydrogen-bond acceptors (Lipinski definition) is 3. The molecule has 1 aromatic carbocycles. The van der Waals surface area contributed by atoms with Crippen LogP contribution in [0.2, 0.25) is 0 Å². The molecule has 22 heavy (non-hydrogen) atoms. The average molecular weight is 301 g/mol. The summed E-state index contributed by atoms with van der Waals surface area (Å²) in [5, 5.41) is 16.1. The SMILES string of the molecule is CCc1c(C)nn(-c2ccc(C(=O)NCCCO)cc2)c1C. The van der Waals surface area contributed by atoms with Crippen molar-refractivity contribution in [2.75, 3.05) is 13.2 Å². The van der Waals surface area contributed by atoms with Crippen molar-refractivity contribution < 1.29 is 9.90 Å². The summed E-state index contributed by atoms with van der Waals surface area (Å²) in [5.41, 5.74) is 5.02. The molecule has 2 N–H and O–H groups in total. The summed E-state index contributed by atoms with van der Waals surface area (Å²) >= 11 is 0. The second kappa shape index (κ2) is 7.22. The maximum atomic E-state index is 11.9. The van der Waals surface area contributed by atoms with Crippen molar-refractivity contribution in [3.8, 4) is 5.69 Å². The number of aromatic nitrogens is 2. The predicted octanol–water partition coefficient (Wildman–Crippen LogP) is 2.16. The van der Waals surface area contributed by atoms with Crippen LogP contribution in [-0.2, 0) is 6.42 Å². The highest BCUT2D eigenvalue weighted by Gasteiger charge is 2.11. The molecular formula is C17H23N3O2. The summed E-state index contributed by atoms with van der Waals surface area (Å²) in [5.74, 6) is -0.123. The van der Waals surface area contributed by atoms with Crippen LogP contribution in [-0.4, -0.2) is 33.9 Å². The molecule has 0 aliphatic rings. The maximum Gasteiger partial charge on any atom is 0.251 e. The van der Waals surface area contributed by atoms with Gasteiger partial charge in [-0.3, -0.25) is 4.79 Å². The van der Waals surface area contributed by atoms with Crippen molar-refractivity contribution in [2.45, 2.75) is 33.6 Å². The van der Waals surface area contributed by atoms with E-state index in [9.17, 15) is 4.79 Å². The molecule has 0 fully saturated rings. The summed E-state index contributed by atoms with van der Waals surface area (Å²) in [4.78, 5) is 11.9. The second-order valence-electron chi connectivity index (χ2n) is 5.29. The van der Waals surface area contributed by atoms with Gasteiger partial charge in [-0.2, -0.15) is 5.10 Å². The van der Waals surface area contributed by atoms with E-state index < -0.39 is 0 Å². The van der Waals surface area contributed by atoms with E-state index >= 15 is 0 Å². The van der Waals surface area contributed by atoms with Gasteiger partial charge in [0, 0.05) is 24.4 Å². The molecule has 5 heteroatoms. The number of amides is 1. The number of aliphatic hydroxyl groups is 1. The van der Waals surface area contributed by atoms with Gasteiger partial charge in [-0.05, 0) is 56.5 Å². The van der Waals surface area contributed by atoms with Crippen molar-refractivity contribution in [2.24, 2.45) is 0 Å². The molecule has 1 aromatic heterocycles. The summed E-state index contributed by atoms with van der Waals surface area (Å²) in [6.45, 7) is 6.77. The smallest absolute Gasteiger partial charge is 0.251 e. The summed E-state index contributed by atoms with van der Waals surface area (Å²) < 4.78 is 1.92. The fraction of sp³-hybridized carbons (Fsp3) is 0.412. The molecule has 0 spiro atoms. The number of carbonyl (C=O) groups excluding carboxylic acids is 1. The number of hydrogen-bond donors (Lipinski definition) is 2. The molecule has 118 valence electrons. The Morgan fingerprint density at radius 2 is 1.95 bits per heavy atom. The van der Waals surface area contributed by atoms with Gasteiger partial charge < -0.3 is 10.4 Å². The van der Waals surface area contributed by atoms with Crippen LogP contribution in [0.15, 0.2) is 24.3 Å². The Labute approximate surface area is 131 Å². The Hall–Kier alpha value is -2.14. The lowest BCUT2D eigenvalue weighted by molar-refractivity contribution is 0.0951. The minimum Gasteiger partial charge on any atom is -0.396 e. The summed E-state index contributed by atoms with van der Waals surface area (Å²) in [7, 11) is 0. The minimum atomic E-state index is -0.123. The molecule has 0 aliphatic carbocycles. The first kappa shape index (κ1) is 16.2. The highest BCUT2D eigenvalue weighted by Crippen LogP contribution is 2.18. The fourth-order valence-corrected chi connectivity index (χ4v) is 2.58. The first-order chi connectivity index (χ1) is 10.6. The van der Waals surface area contributed by atoms with Gasteiger partial charge in [-0.1, -0.05) is 6.92 Å². The number of nitrogens with one attached hydrogen (secondary N) is 1. The first-order valence-corrected chi connectivity index (χ1v) is 7.63. The molecule has 2 aromatic rings. The van der Waals surface area contributed by atoms with E-state index in [4.69, 9.17) is 5.11 Å². The van der Waals surface area contributed by atoms with Crippen LogP contribution < -0.4 is 5.32 Å². The standard InChI is InChI=1S/C17H23N3O2/c1-4-16-12(2)19-20(13(16)3)15-8-6-14(7-9-15)17(22)18-10-5-11-21/h6-9,21H,4-5,10-11H2,1-3H3,(H,18,22). The van der Waals surface area contributed by atoms with Gasteiger partial charge in [0.15, 0.2) is 0 Å². The van der Waals surface area contributed by atoms with Gasteiger partial charge in [0.25, 0.3) is 5.91 Å². The number of benzene rings is 1. The Bertz CT molecular complexity index is 645. The van der Waals surface area contributed by atoms with Crippen LogP contribution in [0.4, 0.5) is 0 Å². The monoisotopic (exact) mass is 301 g/mol. The lowest BCUT2D eigenvalue weighted by Crippen LogP contribution is -2.24. The zero-order valence-electron chi connectivity index (χ0n) is 13.4. The Morgan fingerprint density at radius 3 is 2.50 bits per heavy atom. The topological polar surface area (TPSA) is 67.2 Å². The van der Waals surface area contributed by atoms with E-state index in [1.807, 2.05) is 23.7 Å². The van der Waals surface area contributed by atoms with Crippen molar-refractivity contribution >= 4 is 5.91 Å². The Morgan fingerprint density at radius 1 is 1.27 bits per heavy atom. The van der Waals surface area contributed by atoms with E-state index in [0.717, 1.165) is 23.5 Å². The number of rotatable bonds is 6. The van der Waals surface area contributed by atoms with E-state index in [0.29, 0.717) is 18.5 Å². The quantitative estimate of drug-likeness (QED) is 0.804. The number of aliphatic hydroxyl groups excluding tert-OH is 1. The van der Waals surface area contributed by atoms with Gasteiger partial charge in [-0.15, -0.1) is 0 Å². The van der Waals surface area contributed by atoms with E-state index in [2.05, 4.69) is 24.3 Å². The average Bonchev–Trinajstić information content (AvgIpc) is 2.82. The van der Waals surface area contributed by atoms with Gasteiger partial charge in [0.2, 0.25) is 0 Å². The highest BCUT2D eigenvalue weighted by atomic mass is 16.3. The van der Waals surface area contributed by atoms with Crippen molar-refractivity contribution in [1.29, 1.82) is 0 Å². The minimum absolute atomic E-state index is 0.0803. The van der Waals surface area contributed by atoms with Crippen LogP contribution in [0.5, 0.6) is 0 Å². The molecule has 2 rings (SSSR count). The molecule has 1 heterocycles. The molecule has 0 radical (unpaired) electrons. The molecule has 0 bridgehead atoms. The van der Waals surface area contributed by atoms with Gasteiger partial charge in [0.05, 0.1) is 11.4 Å². The summed E-state index contributed by atoms with van der Waals surface area (Å²) in [6, 6.07) is 7.40. The number of nitrogens with zero attached hydrogens (tertiary/aromatic N) is 2. The van der Waals surface area contributed by atoms with E-state index in [1.54, 1.807) is 12.1 Å². The molecule has 0 aliphatic heterocycles. The molecule has 5 nitrogen and oxygen atoms in total. The third-order valence-corrected chi connectivity index (χ3v) is 3.79.